The fourth-order valence-electron chi connectivity index (χ4n) is 2.27. The SMILES string of the molecule is ClC1=NC2=C(CCC=C2)Cc2ccccc21. The molecule has 0 saturated carbocycles. The lowest BCUT2D eigenvalue weighted by molar-refractivity contribution is 0.889. The topological polar surface area (TPSA) is 12.4 Å². The standard InChI is InChI=1S/C14H12ClN/c15-14-12-7-3-1-5-10(12)9-11-6-2-4-8-13(11)16-14/h1,3-5,7-8H,2,6,9H2. The second kappa shape index (κ2) is 3.91. The maximum absolute atomic E-state index is 6.25. The van der Waals surface area contributed by atoms with Gasteiger partial charge in [-0.3, -0.25) is 0 Å². The van der Waals surface area contributed by atoms with Gasteiger partial charge in [0.25, 0.3) is 0 Å². The number of nitrogens with zero attached hydrogens (tertiary/aromatic N) is 1. The normalized spacial score (nSPS) is 18.7. The summed E-state index contributed by atoms with van der Waals surface area (Å²) in [6.45, 7) is 0. The van der Waals surface area contributed by atoms with Crippen LogP contribution in [0.5, 0.6) is 0 Å². The van der Waals surface area contributed by atoms with E-state index in [2.05, 4.69) is 29.3 Å². The van der Waals surface area contributed by atoms with Crippen LogP contribution < -0.4 is 0 Å². The van der Waals surface area contributed by atoms with Crippen LogP contribution in [0.4, 0.5) is 0 Å². The van der Waals surface area contributed by atoms with Crippen molar-refractivity contribution >= 4 is 16.8 Å². The molecule has 0 amide bonds. The molecule has 0 saturated heterocycles. The van der Waals surface area contributed by atoms with Crippen LogP contribution in [0.15, 0.2) is 52.7 Å². The highest BCUT2D eigenvalue weighted by Gasteiger charge is 2.17. The highest BCUT2D eigenvalue weighted by Crippen LogP contribution is 2.29. The first-order valence-corrected chi connectivity index (χ1v) is 5.93. The van der Waals surface area contributed by atoms with Gasteiger partial charge >= 0.3 is 0 Å². The molecule has 0 radical (unpaired) electrons. The molecular weight excluding hydrogens is 218 g/mol. The van der Waals surface area contributed by atoms with E-state index in [1.54, 1.807) is 0 Å². The molecule has 0 atom stereocenters. The lowest BCUT2D eigenvalue weighted by atomic mass is 9.95. The molecule has 1 aromatic carbocycles. The van der Waals surface area contributed by atoms with Crippen LogP contribution >= 0.6 is 11.6 Å². The first-order valence-electron chi connectivity index (χ1n) is 5.55. The minimum Gasteiger partial charge on any atom is -0.236 e. The van der Waals surface area contributed by atoms with Crippen molar-refractivity contribution in [3.63, 3.8) is 0 Å². The third kappa shape index (κ3) is 1.61. The fourth-order valence-corrected chi connectivity index (χ4v) is 2.54. The summed E-state index contributed by atoms with van der Waals surface area (Å²) in [5.74, 6) is 0. The van der Waals surface area contributed by atoms with Crippen LogP contribution in [0.2, 0.25) is 0 Å². The molecule has 1 nitrogen and oxygen atoms in total. The molecule has 1 aliphatic heterocycles. The Kier molecular flexibility index (Phi) is 2.41. The van der Waals surface area contributed by atoms with Gasteiger partial charge in [0.15, 0.2) is 0 Å². The van der Waals surface area contributed by atoms with E-state index in [0.29, 0.717) is 5.17 Å². The Labute approximate surface area is 100 Å². The Morgan fingerprint density at radius 1 is 1.19 bits per heavy atom. The molecule has 2 heteroatoms. The van der Waals surface area contributed by atoms with E-state index in [0.717, 1.165) is 30.5 Å². The molecule has 0 fully saturated rings. The van der Waals surface area contributed by atoms with Gasteiger partial charge in [0.2, 0.25) is 0 Å². The summed E-state index contributed by atoms with van der Waals surface area (Å²) in [6, 6.07) is 8.26. The van der Waals surface area contributed by atoms with Crippen molar-refractivity contribution < 1.29 is 0 Å². The van der Waals surface area contributed by atoms with Gasteiger partial charge in [-0.1, -0.05) is 41.9 Å². The quantitative estimate of drug-likeness (QED) is 0.641. The number of hydrogen-bond acceptors (Lipinski definition) is 1. The molecule has 16 heavy (non-hydrogen) atoms. The molecular formula is C14H12ClN. The zero-order valence-electron chi connectivity index (χ0n) is 8.91. The van der Waals surface area contributed by atoms with Crippen LogP contribution in [-0.2, 0) is 6.42 Å². The van der Waals surface area contributed by atoms with Crippen molar-refractivity contribution in [3.05, 3.63) is 58.8 Å². The molecule has 0 N–H and O–H groups in total. The summed E-state index contributed by atoms with van der Waals surface area (Å²) in [4.78, 5) is 4.51. The Balaban J connectivity index is 2.16. The first-order chi connectivity index (χ1) is 7.84. The van der Waals surface area contributed by atoms with Crippen LogP contribution in [0, 0.1) is 0 Å². The largest absolute Gasteiger partial charge is 0.236 e. The van der Waals surface area contributed by atoms with Gasteiger partial charge < -0.3 is 0 Å². The molecule has 0 unspecified atom stereocenters. The van der Waals surface area contributed by atoms with Gasteiger partial charge in [0, 0.05) is 5.56 Å². The summed E-state index contributed by atoms with van der Waals surface area (Å²) in [5.41, 5.74) is 4.83. The molecule has 80 valence electrons. The monoisotopic (exact) mass is 229 g/mol. The predicted octanol–water partition coefficient (Wildman–Crippen LogP) is 3.83. The highest BCUT2D eigenvalue weighted by molar-refractivity contribution is 6.70. The molecule has 1 heterocycles. The third-order valence-electron chi connectivity index (χ3n) is 3.11. The summed E-state index contributed by atoms with van der Waals surface area (Å²) < 4.78 is 0. The van der Waals surface area contributed by atoms with Crippen molar-refractivity contribution in [2.24, 2.45) is 4.99 Å². The maximum atomic E-state index is 6.25. The van der Waals surface area contributed by atoms with Crippen LogP contribution in [0.1, 0.15) is 24.0 Å². The number of hydrogen-bond donors (Lipinski definition) is 0. The number of halogens is 1. The van der Waals surface area contributed by atoms with Crippen LogP contribution in [0.25, 0.3) is 0 Å². The van der Waals surface area contributed by atoms with E-state index < -0.39 is 0 Å². The smallest absolute Gasteiger partial charge is 0.137 e. The van der Waals surface area contributed by atoms with Crippen LogP contribution in [-0.4, -0.2) is 5.17 Å². The number of aliphatic imine (C=N–C) groups is 1. The average molecular weight is 230 g/mol. The van der Waals surface area contributed by atoms with E-state index in [9.17, 15) is 0 Å². The maximum Gasteiger partial charge on any atom is 0.137 e. The fraction of sp³-hybridized carbons (Fsp3) is 0.214. The van der Waals surface area contributed by atoms with E-state index in [1.165, 1.54) is 11.1 Å². The lowest BCUT2D eigenvalue weighted by Crippen LogP contribution is -1.98. The summed E-state index contributed by atoms with van der Waals surface area (Å²) in [5, 5.41) is 0.618. The first kappa shape index (κ1) is 9.86. The Morgan fingerprint density at radius 2 is 2.06 bits per heavy atom. The van der Waals surface area contributed by atoms with Crippen molar-refractivity contribution in [1.29, 1.82) is 0 Å². The lowest BCUT2D eigenvalue weighted by Gasteiger charge is -2.11. The zero-order valence-corrected chi connectivity index (χ0v) is 9.67. The zero-order chi connectivity index (χ0) is 11.0. The Hall–Kier alpha value is -1.34. The van der Waals surface area contributed by atoms with Crippen molar-refractivity contribution in [1.82, 2.24) is 0 Å². The molecule has 0 bridgehead atoms. The van der Waals surface area contributed by atoms with Crippen molar-refractivity contribution in [3.8, 4) is 0 Å². The Bertz CT molecular complexity index is 523. The van der Waals surface area contributed by atoms with Crippen molar-refractivity contribution in [2.75, 3.05) is 0 Å². The van der Waals surface area contributed by atoms with Crippen LogP contribution in [0.3, 0.4) is 0 Å². The molecule has 1 aliphatic carbocycles. The second-order valence-corrected chi connectivity index (χ2v) is 4.52. The minimum atomic E-state index is 0.618. The van der Waals surface area contributed by atoms with Gasteiger partial charge in [-0.2, -0.15) is 0 Å². The van der Waals surface area contributed by atoms with Crippen molar-refractivity contribution in [2.45, 2.75) is 19.3 Å². The molecule has 0 spiro atoms. The van der Waals surface area contributed by atoms with E-state index in [-0.39, 0.29) is 0 Å². The van der Waals surface area contributed by atoms with Gasteiger partial charge in [0.05, 0.1) is 5.70 Å². The summed E-state index contributed by atoms with van der Waals surface area (Å²) >= 11 is 6.25. The Morgan fingerprint density at radius 3 is 3.00 bits per heavy atom. The molecule has 3 rings (SSSR count). The third-order valence-corrected chi connectivity index (χ3v) is 3.40. The average Bonchev–Trinajstić information content (AvgIpc) is 2.45. The van der Waals surface area contributed by atoms with Gasteiger partial charge in [-0.15, -0.1) is 0 Å². The molecule has 1 aromatic rings. The number of fused-ring (bicyclic) bond motifs is 1. The highest BCUT2D eigenvalue weighted by atomic mass is 35.5. The summed E-state index contributed by atoms with van der Waals surface area (Å²) in [6.07, 6.45) is 7.47. The summed E-state index contributed by atoms with van der Waals surface area (Å²) in [7, 11) is 0. The van der Waals surface area contributed by atoms with E-state index >= 15 is 0 Å². The van der Waals surface area contributed by atoms with Gasteiger partial charge in [-0.25, -0.2) is 4.99 Å². The van der Waals surface area contributed by atoms with Gasteiger partial charge in [0.1, 0.15) is 5.17 Å². The minimum absolute atomic E-state index is 0.618. The number of rotatable bonds is 0. The van der Waals surface area contributed by atoms with Gasteiger partial charge in [-0.05, 0) is 36.5 Å². The van der Waals surface area contributed by atoms with E-state index in [1.807, 2.05) is 12.1 Å². The number of benzene rings is 1. The van der Waals surface area contributed by atoms with E-state index in [4.69, 9.17) is 11.6 Å². The molecule has 0 aromatic heterocycles. The second-order valence-electron chi connectivity index (χ2n) is 4.17. The predicted molar refractivity (Wildman–Crippen MR) is 67.9 cm³/mol. The number of allylic oxidation sites excluding steroid dienone is 3. The molecule has 2 aliphatic rings.